The molecule has 0 aromatic heterocycles. The van der Waals surface area contributed by atoms with E-state index in [-0.39, 0.29) is 0 Å². The molecule has 0 saturated carbocycles. The number of benzene rings is 1. The van der Waals surface area contributed by atoms with Crippen molar-refractivity contribution in [2.45, 2.75) is 32.7 Å². The molecule has 5 nitrogen and oxygen atoms in total. The van der Waals surface area contributed by atoms with E-state index < -0.39 is 11.5 Å². The summed E-state index contributed by atoms with van der Waals surface area (Å²) in [5, 5.41) is 9.48. The van der Waals surface area contributed by atoms with Crippen molar-refractivity contribution in [2.75, 3.05) is 27.3 Å². The molecule has 1 aromatic carbocycles. The Kier molecular flexibility index (Phi) is 6.03. The zero-order valence-electron chi connectivity index (χ0n) is 13.5. The monoisotopic (exact) mass is 295 g/mol. The van der Waals surface area contributed by atoms with E-state index in [0.29, 0.717) is 31.1 Å². The normalized spacial score (nSPS) is 13.8. The second kappa shape index (κ2) is 7.31. The summed E-state index contributed by atoms with van der Waals surface area (Å²) in [7, 11) is 3.54. The van der Waals surface area contributed by atoms with E-state index in [1.165, 1.54) is 0 Å². The molecule has 0 bridgehead atoms. The van der Waals surface area contributed by atoms with Crippen molar-refractivity contribution < 1.29 is 19.4 Å². The van der Waals surface area contributed by atoms with Gasteiger partial charge >= 0.3 is 5.97 Å². The summed E-state index contributed by atoms with van der Waals surface area (Å²) in [6.07, 6.45) is 0.391. The summed E-state index contributed by atoms with van der Waals surface area (Å²) in [6.45, 7) is 6.63. The molecule has 1 unspecified atom stereocenters. The van der Waals surface area contributed by atoms with Crippen LogP contribution in [0.15, 0.2) is 18.2 Å². The molecule has 0 amide bonds. The molecule has 1 N–H and O–H groups in total. The van der Waals surface area contributed by atoms with Crippen LogP contribution in [-0.2, 0) is 11.2 Å². The lowest BCUT2D eigenvalue weighted by Crippen LogP contribution is -2.50. The fraction of sp³-hybridized carbons (Fsp3) is 0.562. The molecule has 1 atom stereocenters. The first-order valence-electron chi connectivity index (χ1n) is 7.14. The summed E-state index contributed by atoms with van der Waals surface area (Å²) in [5.74, 6) is 0.493. The maximum Gasteiger partial charge on any atom is 0.324 e. The molecule has 0 aliphatic rings. The van der Waals surface area contributed by atoms with Crippen molar-refractivity contribution in [1.82, 2.24) is 4.90 Å². The second-order valence-electron chi connectivity index (χ2n) is 5.30. The van der Waals surface area contributed by atoms with Gasteiger partial charge in [-0.25, -0.2) is 0 Å². The van der Waals surface area contributed by atoms with Gasteiger partial charge in [0.1, 0.15) is 5.54 Å². The SMILES string of the molecule is CCOc1ccc(CC(C)(C(=O)O)N(C)C)cc1OCC. The number of carboxylic acid groups (broad SMARTS) is 1. The Morgan fingerprint density at radius 3 is 2.24 bits per heavy atom. The van der Waals surface area contributed by atoms with E-state index in [1.54, 1.807) is 25.9 Å². The van der Waals surface area contributed by atoms with Gasteiger partial charge in [-0.1, -0.05) is 6.07 Å². The minimum absolute atomic E-state index is 0.391. The van der Waals surface area contributed by atoms with Crippen LogP contribution in [0.5, 0.6) is 11.5 Å². The summed E-state index contributed by atoms with van der Waals surface area (Å²) in [6, 6.07) is 5.58. The van der Waals surface area contributed by atoms with Crippen molar-refractivity contribution in [3.63, 3.8) is 0 Å². The highest BCUT2D eigenvalue weighted by Gasteiger charge is 2.35. The highest BCUT2D eigenvalue weighted by molar-refractivity contribution is 5.78. The molecule has 5 heteroatoms. The highest BCUT2D eigenvalue weighted by atomic mass is 16.5. The Morgan fingerprint density at radius 2 is 1.76 bits per heavy atom. The average Bonchev–Trinajstić information content (AvgIpc) is 2.41. The fourth-order valence-corrected chi connectivity index (χ4v) is 2.03. The summed E-state index contributed by atoms with van der Waals surface area (Å²) >= 11 is 0. The van der Waals surface area contributed by atoms with E-state index in [0.717, 1.165) is 5.56 Å². The van der Waals surface area contributed by atoms with E-state index >= 15 is 0 Å². The van der Waals surface area contributed by atoms with Gasteiger partial charge in [0.15, 0.2) is 11.5 Å². The quantitative estimate of drug-likeness (QED) is 0.798. The number of likely N-dealkylation sites (N-methyl/N-ethyl adjacent to an activating group) is 1. The van der Waals surface area contributed by atoms with Crippen molar-refractivity contribution >= 4 is 5.97 Å². The molecule has 0 saturated heterocycles. The van der Waals surface area contributed by atoms with E-state index in [1.807, 2.05) is 32.0 Å². The maximum absolute atomic E-state index is 11.5. The van der Waals surface area contributed by atoms with Crippen molar-refractivity contribution in [3.8, 4) is 11.5 Å². The van der Waals surface area contributed by atoms with Gasteiger partial charge in [-0.05, 0) is 52.6 Å². The van der Waals surface area contributed by atoms with Gasteiger partial charge in [0.05, 0.1) is 13.2 Å². The number of hydrogen-bond donors (Lipinski definition) is 1. The van der Waals surface area contributed by atoms with Gasteiger partial charge in [-0.15, -0.1) is 0 Å². The van der Waals surface area contributed by atoms with Gasteiger partial charge < -0.3 is 14.6 Å². The average molecular weight is 295 g/mol. The van der Waals surface area contributed by atoms with E-state index in [2.05, 4.69) is 0 Å². The third kappa shape index (κ3) is 4.11. The number of aliphatic carboxylic acids is 1. The van der Waals surface area contributed by atoms with Gasteiger partial charge in [-0.2, -0.15) is 0 Å². The number of carboxylic acids is 1. The first-order chi connectivity index (χ1) is 9.85. The number of nitrogens with zero attached hydrogens (tertiary/aromatic N) is 1. The standard InChI is InChI=1S/C16H25NO4/c1-6-20-13-9-8-12(10-14(13)21-7-2)11-16(3,15(18)19)17(4)5/h8-10H,6-7,11H2,1-5H3,(H,18,19). The van der Waals surface area contributed by atoms with Crippen molar-refractivity contribution in [2.24, 2.45) is 0 Å². The molecule has 0 fully saturated rings. The molecule has 1 rings (SSSR count). The zero-order chi connectivity index (χ0) is 16.0. The molecule has 21 heavy (non-hydrogen) atoms. The summed E-state index contributed by atoms with van der Waals surface area (Å²) in [5.41, 5.74) is -0.0584. The Balaban J connectivity index is 3.08. The van der Waals surface area contributed by atoms with Crippen LogP contribution in [0.3, 0.4) is 0 Å². The van der Waals surface area contributed by atoms with Crippen LogP contribution in [0.25, 0.3) is 0 Å². The van der Waals surface area contributed by atoms with Crippen LogP contribution in [0.4, 0.5) is 0 Å². The lowest BCUT2D eigenvalue weighted by Gasteiger charge is -2.32. The van der Waals surface area contributed by atoms with Gasteiger partial charge in [0.2, 0.25) is 0 Å². The van der Waals surface area contributed by atoms with Crippen LogP contribution < -0.4 is 9.47 Å². The smallest absolute Gasteiger partial charge is 0.324 e. The van der Waals surface area contributed by atoms with Crippen molar-refractivity contribution in [3.05, 3.63) is 23.8 Å². The third-order valence-corrected chi connectivity index (χ3v) is 3.60. The Morgan fingerprint density at radius 1 is 1.19 bits per heavy atom. The highest BCUT2D eigenvalue weighted by Crippen LogP contribution is 2.30. The second-order valence-corrected chi connectivity index (χ2v) is 5.30. The predicted octanol–water partition coefficient (Wildman–Crippen LogP) is 2.43. The zero-order valence-corrected chi connectivity index (χ0v) is 13.5. The van der Waals surface area contributed by atoms with Crippen LogP contribution >= 0.6 is 0 Å². The fourth-order valence-electron chi connectivity index (χ4n) is 2.03. The minimum atomic E-state index is -0.962. The Labute approximate surface area is 126 Å². The molecule has 0 spiro atoms. The molecule has 0 aliphatic heterocycles. The largest absolute Gasteiger partial charge is 0.490 e. The molecular formula is C16H25NO4. The van der Waals surface area contributed by atoms with Crippen LogP contribution in [0.2, 0.25) is 0 Å². The molecule has 0 aliphatic carbocycles. The molecule has 1 aromatic rings. The Hall–Kier alpha value is -1.75. The third-order valence-electron chi connectivity index (χ3n) is 3.60. The first kappa shape index (κ1) is 17.3. The number of ether oxygens (including phenoxy) is 2. The van der Waals surface area contributed by atoms with Crippen LogP contribution in [0.1, 0.15) is 26.3 Å². The molecule has 118 valence electrons. The number of hydrogen-bond acceptors (Lipinski definition) is 4. The number of carbonyl (C=O) groups is 1. The van der Waals surface area contributed by atoms with E-state index in [9.17, 15) is 9.90 Å². The summed E-state index contributed by atoms with van der Waals surface area (Å²) < 4.78 is 11.1. The molecule has 0 radical (unpaired) electrons. The lowest BCUT2D eigenvalue weighted by atomic mass is 9.91. The van der Waals surface area contributed by atoms with Crippen molar-refractivity contribution in [1.29, 1.82) is 0 Å². The number of rotatable bonds is 8. The van der Waals surface area contributed by atoms with Gasteiger partial charge in [0, 0.05) is 6.42 Å². The molecular weight excluding hydrogens is 270 g/mol. The topological polar surface area (TPSA) is 59.0 Å². The van der Waals surface area contributed by atoms with Gasteiger partial charge in [0.25, 0.3) is 0 Å². The van der Waals surface area contributed by atoms with Crippen LogP contribution in [-0.4, -0.2) is 48.8 Å². The van der Waals surface area contributed by atoms with Crippen LogP contribution in [0, 0.1) is 0 Å². The minimum Gasteiger partial charge on any atom is -0.490 e. The maximum atomic E-state index is 11.5. The Bertz CT molecular complexity index is 487. The summed E-state index contributed by atoms with van der Waals surface area (Å²) in [4.78, 5) is 13.3. The lowest BCUT2D eigenvalue weighted by molar-refractivity contribution is -0.148. The molecule has 0 heterocycles. The predicted molar refractivity (Wildman–Crippen MR) is 82.2 cm³/mol. The first-order valence-corrected chi connectivity index (χ1v) is 7.14. The van der Waals surface area contributed by atoms with E-state index in [4.69, 9.17) is 9.47 Å². The van der Waals surface area contributed by atoms with Gasteiger partial charge in [-0.3, -0.25) is 9.69 Å².